The average molecular weight is 294 g/mol. The van der Waals surface area contributed by atoms with Crippen LogP contribution in [0.4, 0.5) is 0 Å². The molecule has 0 bridgehead atoms. The van der Waals surface area contributed by atoms with Crippen molar-refractivity contribution in [2.24, 2.45) is 5.73 Å². The molecule has 1 amide bonds. The highest BCUT2D eigenvalue weighted by Crippen LogP contribution is 2.21. The monoisotopic (exact) mass is 293 g/mol. The molecule has 5 heteroatoms. The van der Waals surface area contributed by atoms with Crippen molar-refractivity contribution in [2.45, 2.75) is 13.5 Å². The Balaban J connectivity index is 2.40. The van der Waals surface area contributed by atoms with E-state index < -0.39 is 5.91 Å². The summed E-state index contributed by atoms with van der Waals surface area (Å²) in [6, 6.07) is 9.81. The maximum atomic E-state index is 11.4. The van der Waals surface area contributed by atoms with Crippen LogP contribution in [0.5, 0.6) is 0 Å². The lowest BCUT2D eigenvalue weighted by Gasteiger charge is -2.05. The number of amides is 1. The molecule has 2 rings (SSSR count). The van der Waals surface area contributed by atoms with Gasteiger partial charge in [-0.3, -0.25) is 9.48 Å². The number of nitrogens with two attached hydrogens (primary N) is 1. The molecule has 0 aliphatic carbocycles. The number of nitrogens with zero attached hydrogens (tertiary/aromatic N) is 2. The quantitative estimate of drug-likeness (QED) is 0.942. The lowest BCUT2D eigenvalue weighted by Crippen LogP contribution is -2.18. The minimum absolute atomic E-state index is 0.409. The molecule has 1 heterocycles. The number of carbonyl (C=O) groups is 1. The zero-order valence-electron chi connectivity index (χ0n) is 9.35. The van der Waals surface area contributed by atoms with Crippen molar-refractivity contribution in [3.05, 3.63) is 51.8 Å². The van der Waals surface area contributed by atoms with Crippen LogP contribution >= 0.6 is 15.9 Å². The molecule has 0 unspecified atom stereocenters. The van der Waals surface area contributed by atoms with Crippen LogP contribution in [0.3, 0.4) is 0 Å². The topological polar surface area (TPSA) is 60.9 Å². The van der Waals surface area contributed by atoms with E-state index in [0.717, 1.165) is 11.3 Å². The number of hydrogen-bond donors (Lipinski definition) is 1. The van der Waals surface area contributed by atoms with Crippen molar-refractivity contribution in [3.63, 3.8) is 0 Å². The fourth-order valence-electron chi connectivity index (χ4n) is 1.67. The Labute approximate surface area is 108 Å². The van der Waals surface area contributed by atoms with Crippen LogP contribution in [0.25, 0.3) is 0 Å². The maximum Gasteiger partial charge on any atom is 0.268 e. The van der Waals surface area contributed by atoms with Gasteiger partial charge < -0.3 is 5.73 Å². The third kappa shape index (κ3) is 2.39. The SMILES string of the molecule is Cc1nn(Cc2ccccc2)c(C(N)=O)c1Br. The van der Waals surface area contributed by atoms with Crippen molar-refractivity contribution < 1.29 is 4.79 Å². The largest absolute Gasteiger partial charge is 0.364 e. The molecule has 1 aromatic heterocycles. The van der Waals surface area contributed by atoms with Gasteiger partial charge in [0.15, 0.2) is 0 Å². The second-order valence-electron chi connectivity index (χ2n) is 3.76. The highest BCUT2D eigenvalue weighted by Gasteiger charge is 2.17. The summed E-state index contributed by atoms with van der Waals surface area (Å²) in [5.74, 6) is -0.478. The Hall–Kier alpha value is -1.62. The van der Waals surface area contributed by atoms with Gasteiger partial charge >= 0.3 is 0 Å². The number of aryl methyl sites for hydroxylation is 1. The summed E-state index contributed by atoms with van der Waals surface area (Å²) >= 11 is 3.33. The van der Waals surface area contributed by atoms with Crippen molar-refractivity contribution >= 4 is 21.8 Å². The van der Waals surface area contributed by atoms with E-state index in [2.05, 4.69) is 21.0 Å². The van der Waals surface area contributed by atoms with Crippen LogP contribution in [-0.2, 0) is 6.54 Å². The van der Waals surface area contributed by atoms with Crippen LogP contribution in [0, 0.1) is 6.92 Å². The smallest absolute Gasteiger partial charge is 0.268 e. The van der Waals surface area contributed by atoms with Crippen LogP contribution < -0.4 is 5.73 Å². The number of carbonyl (C=O) groups excluding carboxylic acids is 1. The van der Waals surface area contributed by atoms with Gasteiger partial charge in [-0.1, -0.05) is 30.3 Å². The van der Waals surface area contributed by atoms with Gasteiger partial charge in [0.1, 0.15) is 5.69 Å². The first-order chi connectivity index (χ1) is 8.09. The maximum absolute atomic E-state index is 11.4. The second-order valence-corrected chi connectivity index (χ2v) is 4.55. The van der Waals surface area contributed by atoms with Crippen molar-refractivity contribution in [1.82, 2.24) is 9.78 Å². The molecular formula is C12H12BrN3O. The standard InChI is InChI=1S/C12H12BrN3O/c1-8-10(13)11(12(14)17)16(15-8)7-9-5-3-2-4-6-9/h2-6H,7H2,1H3,(H2,14,17). The Bertz CT molecular complexity index is 548. The summed E-state index contributed by atoms with van der Waals surface area (Å²) in [7, 11) is 0. The predicted molar refractivity (Wildman–Crippen MR) is 68.7 cm³/mol. The van der Waals surface area contributed by atoms with Crippen LogP contribution in [0.2, 0.25) is 0 Å². The van der Waals surface area contributed by atoms with E-state index in [1.165, 1.54) is 0 Å². The van der Waals surface area contributed by atoms with Crippen molar-refractivity contribution in [3.8, 4) is 0 Å². The number of halogens is 1. The molecule has 0 aliphatic rings. The lowest BCUT2D eigenvalue weighted by atomic mass is 10.2. The molecule has 2 aromatic rings. The zero-order valence-corrected chi connectivity index (χ0v) is 10.9. The molecule has 0 aliphatic heterocycles. The fourth-order valence-corrected chi connectivity index (χ4v) is 2.15. The summed E-state index contributed by atoms with van der Waals surface area (Å²) in [6.07, 6.45) is 0. The third-order valence-electron chi connectivity index (χ3n) is 2.46. The first kappa shape index (κ1) is 11.9. The molecule has 0 saturated heterocycles. The van der Waals surface area contributed by atoms with Gasteiger partial charge in [0.05, 0.1) is 16.7 Å². The Morgan fingerprint density at radius 1 is 1.41 bits per heavy atom. The second kappa shape index (κ2) is 4.71. The molecule has 0 fully saturated rings. The summed E-state index contributed by atoms with van der Waals surface area (Å²) in [5, 5.41) is 4.30. The summed E-state index contributed by atoms with van der Waals surface area (Å²) in [6.45, 7) is 2.36. The minimum atomic E-state index is -0.478. The normalized spacial score (nSPS) is 10.5. The first-order valence-corrected chi connectivity index (χ1v) is 5.95. The van der Waals surface area contributed by atoms with E-state index >= 15 is 0 Å². The molecule has 1 aromatic carbocycles. The number of benzene rings is 1. The highest BCUT2D eigenvalue weighted by atomic mass is 79.9. The number of hydrogen-bond acceptors (Lipinski definition) is 2. The highest BCUT2D eigenvalue weighted by molar-refractivity contribution is 9.10. The van der Waals surface area contributed by atoms with Crippen LogP contribution in [-0.4, -0.2) is 15.7 Å². The first-order valence-electron chi connectivity index (χ1n) is 5.16. The van der Waals surface area contributed by atoms with E-state index in [-0.39, 0.29) is 0 Å². The Morgan fingerprint density at radius 3 is 2.65 bits per heavy atom. The predicted octanol–water partition coefficient (Wildman–Crippen LogP) is 2.10. The van der Waals surface area contributed by atoms with Crippen LogP contribution in [0.1, 0.15) is 21.7 Å². The number of primary amides is 1. The molecule has 2 N–H and O–H groups in total. The van der Waals surface area contributed by atoms with Crippen LogP contribution in [0.15, 0.2) is 34.8 Å². The molecule has 0 saturated carbocycles. The van der Waals surface area contributed by atoms with E-state index in [1.54, 1.807) is 4.68 Å². The van der Waals surface area contributed by atoms with Gasteiger partial charge in [0, 0.05) is 0 Å². The van der Waals surface area contributed by atoms with Crippen molar-refractivity contribution in [1.29, 1.82) is 0 Å². The molecule has 0 spiro atoms. The van der Waals surface area contributed by atoms with E-state index in [9.17, 15) is 4.79 Å². The number of rotatable bonds is 3. The van der Waals surface area contributed by atoms with Gasteiger partial charge in [0.2, 0.25) is 0 Å². The van der Waals surface area contributed by atoms with Gasteiger partial charge in [0.25, 0.3) is 5.91 Å². The van der Waals surface area contributed by atoms with Gasteiger partial charge in [-0.15, -0.1) is 0 Å². The van der Waals surface area contributed by atoms with Gasteiger partial charge in [-0.05, 0) is 28.4 Å². The summed E-state index contributed by atoms with van der Waals surface area (Å²) < 4.78 is 2.29. The molecule has 88 valence electrons. The molecular weight excluding hydrogens is 282 g/mol. The lowest BCUT2D eigenvalue weighted by molar-refractivity contribution is 0.0990. The molecule has 0 radical (unpaired) electrons. The third-order valence-corrected chi connectivity index (χ3v) is 3.41. The van der Waals surface area contributed by atoms with Gasteiger partial charge in [-0.25, -0.2) is 0 Å². The summed E-state index contributed by atoms with van der Waals surface area (Å²) in [4.78, 5) is 11.4. The number of aromatic nitrogens is 2. The van der Waals surface area contributed by atoms with E-state index in [0.29, 0.717) is 16.7 Å². The summed E-state index contributed by atoms with van der Waals surface area (Å²) in [5.41, 5.74) is 7.59. The van der Waals surface area contributed by atoms with Gasteiger partial charge in [-0.2, -0.15) is 5.10 Å². The van der Waals surface area contributed by atoms with E-state index in [1.807, 2.05) is 37.3 Å². The Morgan fingerprint density at radius 2 is 2.06 bits per heavy atom. The van der Waals surface area contributed by atoms with E-state index in [4.69, 9.17) is 5.73 Å². The fraction of sp³-hybridized carbons (Fsp3) is 0.167. The molecule has 17 heavy (non-hydrogen) atoms. The van der Waals surface area contributed by atoms with Crippen molar-refractivity contribution in [2.75, 3.05) is 0 Å². The molecule has 0 atom stereocenters. The zero-order chi connectivity index (χ0) is 12.4. The Kier molecular flexibility index (Phi) is 3.28. The molecule has 4 nitrogen and oxygen atoms in total. The minimum Gasteiger partial charge on any atom is -0.364 e. The average Bonchev–Trinajstić information content (AvgIpc) is 2.56.